The Morgan fingerprint density at radius 1 is 1.12 bits per heavy atom. The summed E-state index contributed by atoms with van der Waals surface area (Å²) in [7, 11) is 0. The van der Waals surface area contributed by atoms with E-state index in [1.165, 1.54) is 24.3 Å². The van der Waals surface area contributed by atoms with Gasteiger partial charge >= 0.3 is 6.18 Å². The number of hydrogen-bond acceptors (Lipinski definition) is 7. The smallest absolute Gasteiger partial charge is 0.436 e. The average molecular weight is 366 g/mol. The Morgan fingerprint density at radius 2 is 1.85 bits per heavy atom. The van der Waals surface area contributed by atoms with E-state index in [4.69, 9.17) is 14.9 Å². The molecule has 0 unspecified atom stereocenters. The third-order valence-corrected chi connectivity index (χ3v) is 2.96. The highest BCUT2D eigenvalue weighted by molar-refractivity contribution is 5.41. The van der Waals surface area contributed by atoms with Gasteiger partial charge in [-0.25, -0.2) is 0 Å². The molecule has 2 aromatic heterocycles. The third kappa shape index (κ3) is 4.00. The van der Waals surface area contributed by atoms with Crippen LogP contribution in [0.5, 0.6) is 11.6 Å². The molecule has 3 aromatic rings. The molecule has 2 heterocycles. The highest BCUT2D eigenvalue weighted by Gasteiger charge is 2.34. The van der Waals surface area contributed by atoms with Crippen LogP contribution in [-0.2, 0) is 6.18 Å². The number of H-pyrrole nitrogens is 1. The van der Waals surface area contributed by atoms with E-state index in [0.717, 1.165) is 0 Å². The Hall–Kier alpha value is -3.36. The summed E-state index contributed by atoms with van der Waals surface area (Å²) in [5.41, 5.74) is -0.870. The number of rotatable bonds is 3. The zero-order chi connectivity index (χ0) is 18.7. The summed E-state index contributed by atoms with van der Waals surface area (Å²) >= 11 is 0. The molecule has 0 atom stereocenters. The van der Waals surface area contributed by atoms with Gasteiger partial charge in [-0.2, -0.15) is 28.5 Å². The Bertz CT molecular complexity index is 952. The number of alkyl halides is 3. The van der Waals surface area contributed by atoms with Crippen molar-refractivity contribution in [3.8, 4) is 23.5 Å². The largest absolute Gasteiger partial charge is 0.438 e. The molecule has 0 aliphatic carbocycles. The van der Waals surface area contributed by atoms with Gasteiger partial charge < -0.3 is 19.4 Å². The number of nitrogens with zero attached hydrogens (tertiary/aromatic N) is 3. The fourth-order valence-corrected chi connectivity index (χ4v) is 1.78. The maximum absolute atomic E-state index is 12.4. The van der Waals surface area contributed by atoms with Crippen LogP contribution in [0.15, 0.2) is 34.9 Å². The number of ether oxygens (including phenoxy) is 1. The minimum atomic E-state index is -4.59. The average Bonchev–Trinajstić information content (AvgIpc) is 3.23. The van der Waals surface area contributed by atoms with Crippen LogP contribution >= 0.6 is 0 Å². The number of aliphatic hydroxyl groups excluding tert-OH is 1. The van der Waals surface area contributed by atoms with Crippen molar-refractivity contribution in [3.05, 3.63) is 53.4 Å². The standard InChI is InChI=1S/C15H9F3N4O4/c16-15(17,18)10-7-25-11(19-10)6-3-8-1-4-9(5-2-8)26-13-12(14(23)24)20-22-21-13/h1-2,4-5,7,14,23-24H,(H,20,21,22). The van der Waals surface area contributed by atoms with Gasteiger partial charge in [0.05, 0.1) is 0 Å². The lowest BCUT2D eigenvalue weighted by Crippen LogP contribution is -2.04. The van der Waals surface area contributed by atoms with Crippen LogP contribution in [0.1, 0.15) is 29.1 Å². The highest BCUT2D eigenvalue weighted by atomic mass is 19.4. The van der Waals surface area contributed by atoms with Gasteiger partial charge in [0.1, 0.15) is 12.0 Å². The second-order valence-electron chi connectivity index (χ2n) is 4.80. The molecule has 3 rings (SSSR count). The minimum Gasteiger partial charge on any atom is -0.438 e. The molecule has 0 fully saturated rings. The number of aromatic nitrogens is 4. The maximum Gasteiger partial charge on any atom is 0.436 e. The molecule has 0 saturated carbocycles. The monoisotopic (exact) mass is 366 g/mol. The van der Waals surface area contributed by atoms with Gasteiger partial charge in [-0.05, 0) is 30.2 Å². The molecule has 0 radical (unpaired) electrons. The van der Waals surface area contributed by atoms with Crippen molar-refractivity contribution < 1.29 is 32.5 Å². The van der Waals surface area contributed by atoms with Gasteiger partial charge in [0.2, 0.25) is 6.29 Å². The van der Waals surface area contributed by atoms with E-state index in [-0.39, 0.29) is 17.5 Å². The number of nitrogens with one attached hydrogen (secondary N) is 1. The molecule has 0 saturated heterocycles. The van der Waals surface area contributed by atoms with Crippen LogP contribution in [0, 0.1) is 11.8 Å². The lowest BCUT2D eigenvalue weighted by atomic mass is 10.2. The molecule has 11 heteroatoms. The molecule has 8 nitrogen and oxygen atoms in total. The molecular weight excluding hydrogens is 357 g/mol. The Balaban J connectivity index is 1.71. The molecular formula is C15H9F3N4O4. The lowest BCUT2D eigenvalue weighted by molar-refractivity contribution is -0.141. The van der Waals surface area contributed by atoms with Crippen molar-refractivity contribution in [3.63, 3.8) is 0 Å². The Morgan fingerprint density at radius 3 is 2.46 bits per heavy atom. The molecule has 0 amide bonds. The molecule has 3 N–H and O–H groups in total. The van der Waals surface area contributed by atoms with Crippen LogP contribution in [0.3, 0.4) is 0 Å². The summed E-state index contributed by atoms with van der Waals surface area (Å²) in [6.07, 6.45) is -5.95. The minimum absolute atomic E-state index is 0.113. The van der Waals surface area contributed by atoms with E-state index in [0.29, 0.717) is 17.6 Å². The number of aromatic amines is 1. The van der Waals surface area contributed by atoms with Crippen molar-refractivity contribution in [2.24, 2.45) is 0 Å². The van der Waals surface area contributed by atoms with Gasteiger partial charge in [-0.3, -0.25) is 0 Å². The summed E-state index contributed by atoms with van der Waals surface area (Å²) in [6, 6.07) is 6.07. The van der Waals surface area contributed by atoms with Gasteiger partial charge in [-0.15, -0.1) is 5.10 Å². The van der Waals surface area contributed by atoms with Crippen LogP contribution in [0.2, 0.25) is 0 Å². The van der Waals surface area contributed by atoms with E-state index in [9.17, 15) is 13.2 Å². The third-order valence-electron chi connectivity index (χ3n) is 2.96. The van der Waals surface area contributed by atoms with Crippen LogP contribution in [-0.4, -0.2) is 30.6 Å². The topological polar surface area (TPSA) is 117 Å². The second kappa shape index (κ2) is 6.87. The molecule has 26 heavy (non-hydrogen) atoms. The second-order valence-corrected chi connectivity index (χ2v) is 4.80. The van der Waals surface area contributed by atoms with Crippen LogP contribution < -0.4 is 4.74 Å². The van der Waals surface area contributed by atoms with Crippen molar-refractivity contribution in [2.75, 3.05) is 0 Å². The summed E-state index contributed by atoms with van der Waals surface area (Å²) in [5.74, 6) is 4.81. The number of aliphatic hydroxyl groups is 2. The molecule has 0 aliphatic rings. The Kier molecular flexibility index (Phi) is 4.61. The predicted molar refractivity (Wildman–Crippen MR) is 77.6 cm³/mol. The molecule has 0 bridgehead atoms. The molecule has 134 valence electrons. The van der Waals surface area contributed by atoms with Gasteiger partial charge in [-0.1, -0.05) is 5.92 Å². The van der Waals surface area contributed by atoms with E-state index < -0.39 is 18.2 Å². The normalized spacial score (nSPS) is 11.3. The fraction of sp³-hybridized carbons (Fsp3) is 0.133. The number of benzene rings is 1. The van der Waals surface area contributed by atoms with Crippen molar-refractivity contribution in [1.29, 1.82) is 0 Å². The zero-order valence-electron chi connectivity index (χ0n) is 12.7. The number of hydrogen-bond donors (Lipinski definition) is 3. The summed E-state index contributed by atoms with van der Waals surface area (Å²) in [5, 5.41) is 27.6. The first kappa shape index (κ1) is 17.5. The van der Waals surface area contributed by atoms with E-state index in [2.05, 4.69) is 36.7 Å². The highest BCUT2D eigenvalue weighted by Crippen LogP contribution is 2.28. The van der Waals surface area contributed by atoms with E-state index in [1.807, 2.05) is 0 Å². The quantitative estimate of drug-likeness (QED) is 0.479. The van der Waals surface area contributed by atoms with Crippen molar-refractivity contribution in [2.45, 2.75) is 12.5 Å². The molecule has 0 spiro atoms. The first-order valence-corrected chi connectivity index (χ1v) is 6.92. The van der Waals surface area contributed by atoms with E-state index in [1.54, 1.807) is 0 Å². The fourth-order valence-electron chi connectivity index (χ4n) is 1.78. The Labute approximate surface area is 143 Å². The summed E-state index contributed by atoms with van der Waals surface area (Å²) < 4.78 is 47.2. The van der Waals surface area contributed by atoms with Gasteiger partial charge in [0.15, 0.2) is 11.4 Å². The van der Waals surface area contributed by atoms with Crippen LogP contribution in [0.25, 0.3) is 0 Å². The number of halogens is 3. The van der Waals surface area contributed by atoms with Crippen molar-refractivity contribution in [1.82, 2.24) is 20.4 Å². The predicted octanol–water partition coefficient (Wildman–Crippen LogP) is 1.99. The number of oxazole rings is 1. The summed E-state index contributed by atoms with van der Waals surface area (Å²) in [4.78, 5) is 3.23. The molecule has 1 aromatic carbocycles. The summed E-state index contributed by atoms with van der Waals surface area (Å²) in [6.45, 7) is 0. The lowest BCUT2D eigenvalue weighted by Gasteiger charge is -2.04. The van der Waals surface area contributed by atoms with Gasteiger partial charge in [0, 0.05) is 5.56 Å². The molecule has 0 aliphatic heterocycles. The first-order valence-electron chi connectivity index (χ1n) is 6.92. The van der Waals surface area contributed by atoms with Crippen molar-refractivity contribution >= 4 is 0 Å². The van der Waals surface area contributed by atoms with Crippen LogP contribution in [0.4, 0.5) is 13.2 Å². The van der Waals surface area contributed by atoms with Gasteiger partial charge in [0.25, 0.3) is 11.8 Å². The van der Waals surface area contributed by atoms with E-state index >= 15 is 0 Å². The first-order chi connectivity index (χ1) is 12.3. The zero-order valence-corrected chi connectivity index (χ0v) is 12.7. The maximum atomic E-state index is 12.4. The SMILES string of the molecule is OC(O)c1n[nH]nc1Oc1ccc(C#Cc2nc(C(F)(F)F)co2)cc1.